The molecule has 1 fully saturated rings. The van der Waals surface area contributed by atoms with E-state index in [0.717, 1.165) is 16.6 Å². The van der Waals surface area contributed by atoms with E-state index in [2.05, 4.69) is 15.6 Å². The summed E-state index contributed by atoms with van der Waals surface area (Å²) in [6.45, 7) is 3.45. The fourth-order valence-corrected chi connectivity index (χ4v) is 6.36. The van der Waals surface area contributed by atoms with E-state index in [1.54, 1.807) is 31.3 Å². The number of pyridine rings is 1. The van der Waals surface area contributed by atoms with Crippen LogP contribution in [0.15, 0.2) is 53.6 Å². The topological polar surface area (TPSA) is 101 Å². The van der Waals surface area contributed by atoms with Gasteiger partial charge in [0.1, 0.15) is 10.6 Å². The van der Waals surface area contributed by atoms with Crippen molar-refractivity contribution in [3.05, 3.63) is 58.7 Å². The van der Waals surface area contributed by atoms with E-state index < -0.39 is 15.9 Å². The van der Waals surface area contributed by atoms with Crippen LogP contribution in [0, 0.1) is 5.92 Å². The van der Waals surface area contributed by atoms with Crippen LogP contribution in [-0.2, 0) is 14.8 Å². The zero-order valence-electron chi connectivity index (χ0n) is 19.8. The van der Waals surface area contributed by atoms with E-state index in [-0.39, 0.29) is 23.1 Å². The second-order valence-electron chi connectivity index (χ2n) is 8.46. The molecule has 2 N–H and O–H groups in total. The molecule has 11 heteroatoms. The van der Waals surface area contributed by atoms with Crippen LogP contribution >= 0.6 is 23.2 Å². The maximum Gasteiger partial charge on any atom is 0.246 e. The highest BCUT2D eigenvalue weighted by Gasteiger charge is 2.35. The lowest BCUT2D eigenvalue weighted by Gasteiger charge is -2.31. The fourth-order valence-electron chi connectivity index (χ4n) is 4.27. The Labute approximate surface area is 221 Å². The zero-order valence-corrected chi connectivity index (χ0v) is 22.2. The minimum atomic E-state index is -3.87. The normalized spacial score (nSPS) is 16.6. The van der Waals surface area contributed by atoms with Gasteiger partial charge in [-0.05, 0) is 62.2 Å². The van der Waals surface area contributed by atoms with Crippen molar-refractivity contribution in [1.29, 1.82) is 0 Å². The monoisotopic (exact) mass is 550 g/mol. The number of aromatic nitrogens is 1. The van der Waals surface area contributed by atoms with Gasteiger partial charge < -0.3 is 15.4 Å². The summed E-state index contributed by atoms with van der Waals surface area (Å²) in [7, 11) is -3.87. The summed E-state index contributed by atoms with van der Waals surface area (Å²) < 4.78 is 33.6. The van der Waals surface area contributed by atoms with Crippen LogP contribution in [0.1, 0.15) is 19.8 Å². The van der Waals surface area contributed by atoms with Crippen LogP contribution in [0.25, 0.3) is 10.9 Å². The number of carbonyl (C=O) groups is 1. The van der Waals surface area contributed by atoms with Crippen molar-refractivity contribution in [3.8, 4) is 5.75 Å². The summed E-state index contributed by atoms with van der Waals surface area (Å²) in [6, 6.07) is 11.9. The number of hydrogen-bond acceptors (Lipinski definition) is 6. The van der Waals surface area contributed by atoms with Gasteiger partial charge >= 0.3 is 0 Å². The van der Waals surface area contributed by atoms with Crippen molar-refractivity contribution >= 4 is 55.7 Å². The van der Waals surface area contributed by atoms with Crippen molar-refractivity contribution < 1.29 is 17.9 Å². The molecule has 1 amide bonds. The molecule has 4 rings (SSSR count). The number of nitrogens with one attached hydrogen (secondary N) is 2. The highest BCUT2D eigenvalue weighted by molar-refractivity contribution is 7.89. The van der Waals surface area contributed by atoms with Crippen LogP contribution in [0.2, 0.25) is 10.0 Å². The van der Waals surface area contributed by atoms with Gasteiger partial charge in [-0.3, -0.25) is 9.78 Å². The number of anilines is 1. The van der Waals surface area contributed by atoms with Crippen LogP contribution in [0.3, 0.4) is 0 Å². The van der Waals surface area contributed by atoms with Gasteiger partial charge in [0.05, 0.1) is 18.0 Å². The summed E-state index contributed by atoms with van der Waals surface area (Å²) in [6.07, 6.45) is 2.91. The standard InChI is InChI=1S/C25H28Cl2N4O4S/c1-2-35-23-8-6-19(27)15-24(23)36(33,34)31-13-3-4-17(16-31)25(32)30-12-11-29-21-9-10-28-22-14-18(26)5-7-20(21)22/h5-10,14-15,17H,2-4,11-13,16H2,1H3,(H,28,29)(H,30,32)/t17-/m1/s1. The SMILES string of the molecule is CCOc1ccc(Cl)cc1S(=O)(=O)N1CCC[C@@H](C(=O)NCCNc2ccnc3cc(Cl)ccc23)C1. The maximum atomic E-state index is 13.4. The Morgan fingerprint density at radius 1 is 1.14 bits per heavy atom. The highest BCUT2D eigenvalue weighted by Crippen LogP contribution is 2.32. The van der Waals surface area contributed by atoms with E-state index in [9.17, 15) is 13.2 Å². The van der Waals surface area contributed by atoms with Crippen molar-refractivity contribution in [3.63, 3.8) is 0 Å². The molecule has 8 nitrogen and oxygen atoms in total. The van der Waals surface area contributed by atoms with E-state index in [0.29, 0.717) is 49.1 Å². The number of sulfonamides is 1. The second-order valence-corrected chi connectivity index (χ2v) is 11.2. The molecule has 2 heterocycles. The zero-order chi connectivity index (χ0) is 25.7. The Morgan fingerprint density at radius 3 is 2.72 bits per heavy atom. The predicted octanol–water partition coefficient (Wildman–Crippen LogP) is 4.57. The van der Waals surface area contributed by atoms with Crippen molar-refractivity contribution in [2.75, 3.05) is 38.1 Å². The number of benzene rings is 2. The van der Waals surface area contributed by atoms with E-state index >= 15 is 0 Å². The quantitative estimate of drug-likeness (QED) is 0.378. The Hall–Kier alpha value is -2.59. The molecule has 1 aromatic heterocycles. The third-order valence-corrected chi connectivity index (χ3v) is 8.38. The summed E-state index contributed by atoms with van der Waals surface area (Å²) in [5, 5.41) is 8.10. The lowest BCUT2D eigenvalue weighted by molar-refractivity contribution is -0.125. The van der Waals surface area contributed by atoms with E-state index in [4.69, 9.17) is 27.9 Å². The molecule has 0 unspecified atom stereocenters. The molecular weight excluding hydrogens is 523 g/mol. The molecule has 0 radical (unpaired) electrons. The predicted molar refractivity (Wildman–Crippen MR) is 142 cm³/mol. The molecule has 1 aliphatic heterocycles. The molecule has 36 heavy (non-hydrogen) atoms. The minimum Gasteiger partial charge on any atom is -0.492 e. The number of nitrogens with zero attached hydrogens (tertiary/aromatic N) is 2. The maximum absolute atomic E-state index is 13.4. The van der Waals surface area contributed by atoms with Gasteiger partial charge in [-0.2, -0.15) is 4.31 Å². The van der Waals surface area contributed by atoms with Gasteiger partial charge in [-0.1, -0.05) is 23.2 Å². The van der Waals surface area contributed by atoms with E-state index in [1.807, 2.05) is 18.2 Å². The summed E-state index contributed by atoms with van der Waals surface area (Å²) in [5.74, 6) is -0.350. The largest absolute Gasteiger partial charge is 0.492 e. The molecule has 1 aliphatic rings. The minimum absolute atomic E-state index is 0.0213. The third kappa shape index (κ3) is 6.03. The number of hydrogen-bond donors (Lipinski definition) is 2. The first kappa shape index (κ1) is 26.5. The molecule has 0 saturated carbocycles. The van der Waals surface area contributed by atoms with Crippen LogP contribution in [0.5, 0.6) is 5.75 Å². The van der Waals surface area contributed by atoms with Gasteiger partial charge in [0.15, 0.2) is 0 Å². The number of rotatable bonds is 9. The number of halogens is 2. The first-order valence-corrected chi connectivity index (χ1v) is 14.0. The molecule has 0 aliphatic carbocycles. The van der Waals surface area contributed by atoms with Crippen molar-refractivity contribution in [2.45, 2.75) is 24.7 Å². The van der Waals surface area contributed by atoms with Crippen LogP contribution < -0.4 is 15.4 Å². The number of amides is 1. The average molecular weight is 551 g/mol. The smallest absolute Gasteiger partial charge is 0.246 e. The molecule has 192 valence electrons. The fraction of sp³-hybridized carbons (Fsp3) is 0.360. The molecule has 3 aromatic rings. The van der Waals surface area contributed by atoms with Crippen LogP contribution in [0.4, 0.5) is 5.69 Å². The molecule has 0 bridgehead atoms. The molecule has 1 saturated heterocycles. The Balaban J connectivity index is 1.35. The summed E-state index contributed by atoms with van der Waals surface area (Å²) in [4.78, 5) is 17.2. The highest BCUT2D eigenvalue weighted by atomic mass is 35.5. The second kappa shape index (κ2) is 11.6. The Bertz CT molecular complexity index is 1350. The van der Waals surface area contributed by atoms with E-state index in [1.165, 1.54) is 10.4 Å². The van der Waals surface area contributed by atoms with Crippen molar-refractivity contribution in [2.24, 2.45) is 5.92 Å². The van der Waals surface area contributed by atoms with Gasteiger partial charge in [-0.15, -0.1) is 0 Å². The van der Waals surface area contributed by atoms with Gasteiger partial charge in [0.2, 0.25) is 15.9 Å². The molecule has 1 atom stereocenters. The Kier molecular flexibility index (Phi) is 8.56. The number of fused-ring (bicyclic) bond motifs is 1. The Morgan fingerprint density at radius 2 is 1.92 bits per heavy atom. The molecular formula is C25H28Cl2N4O4S. The lowest BCUT2D eigenvalue weighted by atomic mass is 9.99. The number of ether oxygens (including phenoxy) is 1. The van der Waals surface area contributed by atoms with Gasteiger partial charge in [-0.25, -0.2) is 8.42 Å². The summed E-state index contributed by atoms with van der Waals surface area (Å²) >= 11 is 12.1. The number of piperidine rings is 1. The number of carbonyl (C=O) groups excluding carboxylic acids is 1. The van der Waals surface area contributed by atoms with Crippen molar-refractivity contribution in [1.82, 2.24) is 14.6 Å². The first-order valence-electron chi connectivity index (χ1n) is 11.8. The molecule has 2 aromatic carbocycles. The summed E-state index contributed by atoms with van der Waals surface area (Å²) in [5.41, 5.74) is 1.68. The first-order chi connectivity index (χ1) is 17.3. The third-order valence-electron chi connectivity index (χ3n) is 6.02. The van der Waals surface area contributed by atoms with Crippen LogP contribution in [-0.4, -0.2) is 56.4 Å². The average Bonchev–Trinajstić information content (AvgIpc) is 2.87. The lowest BCUT2D eigenvalue weighted by Crippen LogP contribution is -2.46. The molecule has 0 spiro atoms. The van der Waals surface area contributed by atoms with Gasteiger partial charge in [0, 0.05) is 53.5 Å². The van der Waals surface area contributed by atoms with Gasteiger partial charge in [0.25, 0.3) is 0 Å².